The van der Waals surface area contributed by atoms with Crippen molar-refractivity contribution < 1.29 is 0 Å². The summed E-state index contributed by atoms with van der Waals surface area (Å²) in [5.41, 5.74) is 5.16. The molecule has 0 aliphatic heterocycles. The highest BCUT2D eigenvalue weighted by Crippen LogP contribution is 2.24. The van der Waals surface area contributed by atoms with E-state index in [1.54, 1.807) is 0 Å². The third-order valence-corrected chi connectivity index (χ3v) is 4.49. The van der Waals surface area contributed by atoms with E-state index in [4.69, 9.17) is 4.98 Å². The van der Waals surface area contributed by atoms with Gasteiger partial charge in [0.15, 0.2) is 0 Å². The van der Waals surface area contributed by atoms with Crippen molar-refractivity contribution in [3.8, 4) is 0 Å². The zero-order valence-electron chi connectivity index (χ0n) is 12.3. The molecule has 0 saturated carbocycles. The van der Waals surface area contributed by atoms with Gasteiger partial charge in [0, 0.05) is 23.8 Å². The van der Waals surface area contributed by atoms with Gasteiger partial charge in [-0.1, -0.05) is 18.2 Å². The topological polar surface area (TPSA) is 30.7 Å². The van der Waals surface area contributed by atoms with E-state index in [0.717, 1.165) is 24.3 Å². The summed E-state index contributed by atoms with van der Waals surface area (Å²) in [6, 6.07) is 10.5. The Hall–Kier alpha value is -2.16. The van der Waals surface area contributed by atoms with Gasteiger partial charge in [-0.05, 0) is 50.3 Å². The molecule has 3 nitrogen and oxygen atoms in total. The van der Waals surface area contributed by atoms with Crippen LogP contribution in [0.2, 0.25) is 0 Å². The van der Waals surface area contributed by atoms with Crippen molar-refractivity contribution in [3.63, 3.8) is 0 Å². The minimum Gasteiger partial charge on any atom is -0.328 e. The predicted octanol–water partition coefficient (Wildman–Crippen LogP) is 3.67. The fraction of sp³-hybridized carbons (Fsp3) is 0.333. The van der Waals surface area contributed by atoms with Gasteiger partial charge in [0.25, 0.3) is 0 Å². The number of hydrogen-bond acceptors (Lipinski definition) is 2. The summed E-state index contributed by atoms with van der Waals surface area (Å²) in [7, 11) is 0. The maximum atomic E-state index is 4.77. The normalized spacial score (nSPS) is 14.3. The summed E-state index contributed by atoms with van der Waals surface area (Å²) in [6.07, 6.45) is 6.78. The second-order valence-corrected chi connectivity index (χ2v) is 5.83. The number of para-hydroxylation sites is 1. The van der Waals surface area contributed by atoms with Crippen LogP contribution in [-0.4, -0.2) is 14.5 Å². The Kier molecular flexibility index (Phi) is 2.99. The van der Waals surface area contributed by atoms with E-state index in [1.165, 1.54) is 41.6 Å². The first-order chi connectivity index (χ1) is 10.3. The molecular formula is C18H19N3. The lowest BCUT2D eigenvalue weighted by atomic mass is 10.0. The van der Waals surface area contributed by atoms with Crippen LogP contribution >= 0.6 is 0 Å². The van der Waals surface area contributed by atoms with Crippen molar-refractivity contribution in [2.75, 3.05) is 0 Å². The first-order valence-corrected chi connectivity index (χ1v) is 7.70. The van der Waals surface area contributed by atoms with Gasteiger partial charge in [0.05, 0.1) is 11.2 Å². The molecule has 2 heterocycles. The lowest BCUT2D eigenvalue weighted by Gasteiger charge is -2.15. The number of aryl methyl sites for hydroxylation is 2. The van der Waals surface area contributed by atoms with E-state index in [0.29, 0.717) is 0 Å². The molecule has 1 aliphatic carbocycles. The molecule has 0 fully saturated rings. The van der Waals surface area contributed by atoms with E-state index in [1.807, 2.05) is 12.3 Å². The molecular weight excluding hydrogens is 258 g/mol. The van der Waals surface area contributed by atoms with Crippen molar-refractivity contribution in [3.05, 3.63) is 59.3 Å². The van der Waals surface area contributed by atoms with Crippen LogP contribution in [0.15, 0.2) is 36.5 Å². The number of pyridine rings is 1. The van der Waals surface area contributed by atoms with Gasteiger partial charge in [0.2, 0.25) is 0 Å². The summed E-state index contributed by atoms with van der Waals surface area (Å²) in [4.78, 5) is 9.23. The van der Waals surface area contributed by atoms with Crippen molar-refractivity contribution in [2.45, 2.75) is 39.2 Å². The minimum atomic E-state index is 0.900. The second kappa shape index (κ2) is 4.99. The van der Waals surface area contributed by atoms with Gasteiger partial charge in [-0.2, -0.15) is 0 Å². The Bertz CT molecular complexity index is 796. The Morgan fingerprint density at radius 2 is 1.95 bits per heavy atom. The third-order valence-electron chi connectivity index (χ3n) is 4.49. The van der Waals surface area contributed by atoms with Crippen LogP contribution in [0.1, 0.15) is 35.6 Å². The largest absolute Gasteiger partial charge is 0.328 e. The second-order valence-electron chi connectivity index (χ2n) is 5.83. The highest BCUT2D eigenvalue weighted by atomic mass is 15.1. The molecule has 0 spiro atoms. The zero-order chi connectivity index (χ0) is 14.2. The number of hydrogen-bond donors (Lipinski definition) is 0. The number of imidazole rings is 1. The quantitative estimate of drug-likeness (QED) is 0.715. The van der Waals surface area contributed by atoms with Gasteiger partial charge in [-0.25, -0.2) is 4.98 Å². The summed E-state index contributed by atoms with van der Waals surface area (Å²) < 4.78 is 2.40. The smallest absolute Gasteiger partial charge is 0.106 e. The summed E-state index contributed by atoms with van der Waals surface area (Å²) in [5, 5.41) is 1.25. The van der Waals surface area contributed by atoms with Crippen molar-refractivity contribution in [1.29, 1.82) is 0 Å². The molecule has 106 valence electrons. The molecule has 1 aliphatic rings. The third kappa shape index (κ3) is 2.13. The number of fused-ring (bicyclic) bond motifs is 2. The number of aromatic nitrogens is 3. The first kappa shape index (κ1) is 12.6. The highest BCUT2D eigenvalue weighted by molar-refractivity contribution is 5.81. The summed E-state index contributed by atoms with van der Waals surface area (Å²) >= 11 is 0. The number of rotatable bonds is 2. The molecule has 3 heteroatoms. The average Bonchev–Trinajstić information content (AvgIpc) is 2.84. The molecule has 2 aromatic heterocycles. The monoisotopic (exact) mass is 277 g/mol. The molecule has 0 bridgehead atoms. The first-order valence-electron chi connectivity index (χ1n) is 7.70. The average molecular weight is 277 g/mol. The molecule has 0 amide bonds. The molecule has 0 atom stereocenters. The lowest BCUT2D eigenvalue weighted by Crippen LogP contribution is -2.10. The maximum Gasteiger partial charge on any atom is 0.106 e. The predicted molar refractivity (Wildman–Crippen MR) is 84.5 cm³/mol. The van der Waals surface area contributed by atoms with Crippen LogP contribution in [0.5, 0.6) is 0 Å². The molecule has 0 unspecified atom stereocenters. The maximum absolute atomic E-state index is 4.77. The van der Waals surface area contributed by atoms with Gasteiger partial charge in [-0.15, -0.1) is 0 Å². The molecule has 1 aromatic carbocycles. The van der Waals surface area contributed by atoms with Gasteiger partial charge >= 0.3 is 0 Å². The molecule has 3 aromatic rings. The Morgan fingerprint density at radius 1 is 1.10 bits per heavy atom. The SMILES string of the molecule is Cc1nc2c(n1Cc1ccnc3ccccc13)CCCC2. The van der Waals surface area contributed by atoms with Crippen LogP contribution in [0.4, 0.5) is 0 Å². The zero-order valence-corrected chi connectivity index (χ0v) is 12.3. The van der Waals surface area contributed by atoms with Crippen LogP contribution in [-0.2, 0) is 19.4 Å². The van der Waals surface area contributed by atoms with Crippen molar-refractivity contribution >= 4 is 10.9 Å². The van der Waals surface area contributed by atoms with E-state index < -0.39 is 0 Å². The van der Waals surface area contributed by atoms with Crippen molar-refractivity contribution in [2.24, 2.45) is 0 Å². The Labute approximate surface area is 124 Å². The minimum absolute atomic E-state index is 0.900. The Morgan fingerprint density at radius 3 is 2.90 bits per heavy atom. The van der Waals surface area contributed by atoms with Gasteiger partial charge < -0.3 is 4.57 Å². The van der Waals surface area contributed by atoms with Crippen LogP contribution in [0.3, 0.4) is 0 Å². The van der Waals surface area contributed by atoms with E-state index >= 15 is 0 Å². The van der Waals surface area contributed by atoms with E-state index in [2.05, 4.69) is 40.7 Å². The number of nitrogens with zero attached hydrogens (tertiary/aromatic N) is 3. The van der Waals surface area contributed by atoms with Gasteiger partial charge in [-0.3, -0.25) is 4.98 Å². The van der Waals surface area contributed by atoms with Crippen LogP contribution < -0.4 is 0 Å². The van der Waals surface area contributed by atoms with Crippen molar-refractivity contribution in [1.82, 2.24) is 14.5 Å². The van der Waals surface area contributed by atoms with Crippen LogP contribution in [0.25, 0.3) is 10.9 Å². The molecule has 21 heavy (non-hydrogen) atoms. The van der Waals surface area contributed by atoms with E-state index in [9.17, 15) is 0 Å². The highest BCUT2D eigenvalue weighted by Gasteiger charge is 2.18. The molecule has 4 rings (SSSR count). The molecule has 0 saturated heterocycles. The fourth-order valence-corrected chi connectivity index (χ4v) is 3.41. The molecule has 0 N–H and O–H groups in total. The summed E-state index contributed by atoms with van der Waals surface area (Å²) in [6.45, 7) is 3.03. The van der Waals surface area contributed by atoms with E-state index in [-0.39, 0.29) is 0 Å². The number of benzene rings is 1. The lowest BCUT2D eigenvalue weighted by molar-refractivity contribution is 0.625. The standard InChI is InChI=1S/C18H19N3/c1-13-20-17-8-4-5-9-18(17)21(13)12-14-10-11-19-16-7-3-2-6-15(14)16/h2-3,6-7,10-11H,4-5,8-9,12H2,1H3. The molecule has 0 radical (unpaired) electrons. The van der Waals surface area contributed by atoms with Crippen LogP contribution in [0, 0.1) is 6.92 Å². The summed E-state index contributed by atoms with van der Waals surface area (Å²) in [5.74, 6) is 1.14. The fourth-order valence-electron chi connectivity index (χ4n) is 3.41. The van der Waals surface area contributed by atoms with Gasteiger partial charge in [0.1, 0.15) is 5.82 Å². The Balaban J connectivity index is 1.80.